The van der Waals surface area contributed by atoms with Crippen LogP contribution in [0.1, 0.15) is 11.3 Å². The summed E-state index contributed by atoms with van der Waals surface area (Å²) in [6.45, 7) is -0.799. The Balaban J connectivity index is 1.97. The Hall–Kier alpha value is -3.03. The second-order valence-corrected chi connectivity index (χ2v) is 4.85. The third kappa shape index (κ3) is 4.97. The van der Waals surface area contributed by atoms with E-state index in [1.807, 2.05) is 12.1 Å². The van der Waals surface area contributed by atoms with Crippen molar-refractivity contribution in [3.63, 3.8) is 0 Å². The fraction of sp³-hybridized carbons (Fsp3) is 0.294. The van der Waals surface area contributed by atoms with Gasteiger partial charge >= 0.3 is 0 Å². The Labute approximate surface area is 144 Å². The van der Waals surface area contributed by atoms with Crippen LogP contribution in [0.3, 0.4) is 0 Å². The standard InChI is InChI=1S/C17H19FN2O5/c1-22-13-6-5-12(10-15(13)23-2)7-8-19-17(21)16(20-25-11-18)14-4-3-9-24-14/h3-6,9-10H,7-8,11H2,1-2H3,(H,19,21)/b20-16-. The number of alkyl halides is 1. The summed E-state index contributed by atoms with van der Waals surface area (Å²) in [5.74, 6) is 0.910. The highest BCUT2D eigenvalue weighted by atomic mass is 19.1. The minimum atomic E-state index is -1.14. The highest BCUT2D eigenvalue weighted by Crippen LogP contribution is 2.27. The number of carbonyl (C=O) groups is 1. The van der Waals surface area contributed by atoms with E-state index >= 15 is 0 Å². The van der Waals surface area contributed by atoms with Crippen molar-refractivity contribution in [2.75, 3.05) is 27.6 Å². The molecule has 0 fully saturated rings. The molecule has 2 rings (SSSR count). The van der Waals surface area contributed by atoms with Crippen molar-refractivity contribution in [1.29, 1.82) is 0 Å². The van der Waals surface area contributed by atoms with Crippen molar-refractivity contribution in [3.05, 3.63) is 47.9 Å². The average Bonchev–Trinajstić information content (AvgIpc) is 3.16. The van der Waals surface area contributed by atoms with Gasteiger partial charge in [-0.25, -0.2) is 4.39 Å². The van der Waals surface area contributed by atoms with Crippen molar-refractivity contribution in [2.45, 2.75) is 6.42 Å². The zero-order valence-corrected chi connectivity index (χ0v) is 14.0. The summed E-state index contributed by atoms with van der Waals surface area (Å²) in [6.07, 6.45) is 1.94. The van der Waals surface area contributed by atoms with E-state index in [1.165, 1.54) is 12.3 Å². The summed E-state index contributed by atoms with van der Waals surface area (Å²) < 4.78 is 27.7. The monoisotopic (exact) mass is 350 g/mol. The van der Waals surface area contributed by atoms with Gasteiger partial charge in [-0.3, -0.25) is 4.79 Å². The lowest BCUT2D eigenvalue weighted by molar-refractivity contribution is -0.115. The summed E-state index contributed by atoms with van der Waals surface area (Å²) in [4.78, 5) is 16.5. The van der Waals surface area contributed by atoms with Gasteiger partial charge in [0.15, 0.2) is 17.3 Å². The molecule has 0 saturated heterocycles. The van der Waals surface area contributed by atoms with Crippen LogP contribution in [0.5, 0.6) is 11.5 Å². The third-order valence-corrected chi connectivity index (χ3v) is 3.32. The quantitative estimate of drug-likeness (QED) is 0.554. The molecular formula is C17H19FN2O5. The molecule has 2 aromatic rings. The topological polar surface area (TPSA) is 82.3 Å². The van der Waals surface area contributed by atoms with Crippen LogP contribution < -0.4 is 14.8 Å². The number of methoxy groups -OCH3 is 2. The Morgan fingerprint density at radius 1 is 1.24 bits per heavy atom. The maximum absolute atomic E-state index is 12.2. The number of nitrogens with one attached hydrogen (secondary N) is 1. The number of nitrogens with zero attached hydrogens (tertiary/aromatic N) is 1. The lowest BCUT2D eigenvalue weighted by Gasteiger charge is -2.10. The molecule has 0 saturated carbocycles. The van der Waals surface area contributed by atoms with E-state index < -0.39 is 12.8 Å². The largest absolute Gasteiger partial charge is 0.493 e. The van der Waals surface area contributed by atoms with Crippen LogP contribution in [0.15, 0.2) is 46.2 Å². The average molecular weight is 350 g/mol. The summed E-state index contributed by atoms with van der Waals surface area (Å²) in [6, 6.07) is 8.63. The molecule has 1 heterocycles. The first-order chi connectivity index (χ1) is 12.2. The van der Waals surface area contributed by atoms with E-state index in [4.69, 9.17) is 13.9 Å². The van der Waals surface area contributed by atoms with Gasteiger partial charge in [0.25, 0.3) is 12.8 Å². The number of rotatable bonds is 9. The highest BCUT2D eigenvalue weighted by Gasteiger charge is 2.17. The molecule has 0 aliphatic heterocycles. The Bertz CT molecular complexity index is 716. The molecule has 0 aliphatic carbocycles. The molecule has 1 aromatic heterocycles. The van der Waals surface area contributed by atoms with E-state index in [-0.39, 0.29) is 11.5 Å². The molecule has 0 unspecified atom stereocenters. The number of furan rings is 1. The van der Waals surface area contributed by atoms with Gasteiger partial charge in [-0.15, -0.1) is 0 Å². The predicted molar refractivity (Wildman–Crippen MR) is 88.6 cm³/mol. The van der Waals surface area contributed by atoms with Crippen molar-refractivity contribution < 1.29 is 27.9 Å². The molecule has 0 atom stereocenters. The van der Waals surface area contributed by atoms with Crippen LogP contribution in [0.4, 0.5) is 4.39 Å². The van der Waals surface area contributed by atoms with E-state index in [2.05, 4.69) is 15.3 Å². The zero-order valence-electron chi connectivity index (χ0n) is 14.0. The lowest BCUT2D eigenvalue weighted by atomic mass is 10.1. The first-order valence-corrected chi connectivity index (χ1v) is 7.48. The summed E-state index contributed by atoms with van der Waals surface area (Å²) in [7, 11) is 3.12. The first kappa shape index (κ1) is 18.3. The van der Waals surface area contributed by atoms with Crippen molar-refractivity contribution in [1.82, 2.24) is 5.32 Å². The third-order valence-electron chi connectivity index (χ3n) is 3.32. The molecule has 7 nitrogen and oxygen atoms in total. The van der Waals surface area contributed by atoms with E-state index in [9.17, 15) is 9.18 Å². The first-order valence-electron chi connectivity index (χ1n) is 7.48. The van der Waals surface area contributed by atoms with Crippen LogP contribution in [0.25, 0.3) is 0 Å². The molecule has 0 aliphatic rings. The van der Waals surface area contributed by atoms with E-state index in [0.717, 1.165) is 5.56 Å². The molecule has 25 heavy (non-hydrogen) atoms. The number of ether oxygens (including phenoxy) is 2. The van der Waals surface area contributed by atoms with Gasteiger partial charge in [-0.05, 0) is 36.2 Å². The predicted octanol–water partition coefficient (Wildman–Crippen LogP) is 2.30. The van der Waals surface area contributed by atoms with Crippen LogP contribution in [-0.4, -0.2) is 39.2 Å². The number of hydrogen-bond donors (Lipinski definition) is 1. The number of benzene rings is 1. The molecule has 1 amide bonds. The normalized spacial score (nSPS) is 11.1. The molecule has 0 radical (unpaired) electrons. The van der Waals surface area contributed by atoms with E-state index in [0.29, 0.717) is 24.5 Å². The molecule has 134 valence electrons. The van der Waals surface area contributed by atoms with Gasteiger partial charge in [0.1, 0.15) is 0 Å². The summed E-state index contributed by atoms with van der Waals surface area (Å²) in [5, 5.41) is 6.15. The Morgan fingerprint density at radius 2 is 2.04 bits per heavy atom. The summed E-state index contributed by atoms with van der Waals surface area (Å²) >= 11 is 0. The second kappa shape index (κ2) is 9.31. The smallest absolute Gasteiger partial charge is 0.277 e. The van der Waals surface area contributed by atoms with Gasteiger partial charge in [0.2, 0.25) is 5.71 Å². The summed E-state index contributed by atoms with van der Waals surface area (Å²) in [5.41, 5.74) is 0.824. The van der Waals surface area contributed by atoms with Gasteiger partial charge in [-0.2, -0.15) is 0 Å². The minimum Gasteiger partial charge on any atom is -0.493 e. The van der Waals surface area contributed by atoms with Crippen molar-refractivity contribution >= 4 is 11.6 Å². The van der Waals surface area contributed by atoms with Gasteiger partial charge in [-0.1, -0.05) is 11.2 Å². The number of oxime groups is 1. The fourth-order valence-electron chi connectivity index (χ4n) is 2.14. The minimum absolute atomic E-state index is 0.130. The second-order valence-electron chi connectivity index (χ2n) is 4.85. The van der Waals surface area contributed by atoms with E-state index in [1.54, 1.807) is 26.4 Å². The number of amides is 1. The molecule has 8 heteroatoms. The van der Waals surface area contributed by atoms with Crippen LogP contribution in [0, 0.1) is 0 Å². The number of halogens is 1. The maximum Gasteiger partial charge on any atom is 0.277 e. The zero-order chi connectivity index (χ0) is 18.1. The Morgan fingerprint density at radius 3 is 2.68 bits per heavy atom. The van der Waals surface area contributed by atoms with Gasteiger partial charge in [0, 0.05) is 6.54 Å². The van der Waals surface area contributed by atoms with Crippen LogP contribution >= 0.6 is 0 Å². The number of carbonyl (C=O) groups excluding carboxylic acids is 1. The Kier molecular flexibility index (Phi) is 6.82. The van der Waals surface area contributed by atoms with Crippen molar-refractivity contribution in [3.8, 4) is 11.5 Å². The SMILES string of the molecule is COc1ccc(CCNC(=O)/C(=N\OCF)c2ccco2)cc1OC. The van der Waals surface area contributed by atoms with Crippen LogP contribution in [0.2, 0.25) is 0 Å². The molecule has 1 aromatic carbocycles. The fourth-order valence-corrected chi connectivity index (χ4v) is 2.14. The molecular weight excluding hydrogens is 331 g/mol. The van der Waals surface area contributed by atoms with Crippen molar-refractivity contribution in [2.24, 2.45) is 5.16 Å². The van der Waals surface area contributed by atoms with Gasteiger partial charge < -0.3 is 24.0 Å². The molecule has 0 spiro atoms. The maximum atomic E-state index is 12.2. The molecule has 0 bridgehead atoms. The lowest BCUT2D eigenvalue weighted by Crippen LogP contribution is -2.33. The van der Waals surface area contributed by atoms with Gasteiger partial charge in [0.05, 0.1) is 20.5 Å². The number of hydrogen-bond acceptors (Lipinski definition) is 6. The highest BCUT2D eigenvalue weighted by molar-refractivity contribution is 6.44. The molecule has 1 N–H and O–H groups in total. The van der Waals surface area contributed by atoms with Crippen LogP contribution in [-0.2, 0) is 16.1 Å².